The molecular weight excluding hydrogens is 256 g/mol. The van der Waals surface area contributed by atoms with Crippen molar-refractivity contribution in [2.75, 3.05) is 7.11 Å². The Labute approximate surface area is 108 Å². The third kappa shape index (κ3) is 1.93. The van der Waals surface area contributed by atoms with Crippen LogP contribution < -0.4 is 5.69 Å². The monoisotopic (exact) mass is 266 g/mol. The number of carbonyl (C=O) groups is 1. The van der Waals surface area contributed by atoms with Crippen LogP contribution in [0.2, 0.25) is 5.02 Å². The Hall–Kier alpha value is -2.01. The van der Waals surface area contributed by atoms with E-state index in [0.717, 1.165) is 0 Å². The minimum atomic E-state index is -0.609. The number of hydrogen-bond acceptors (Lipinski definition) is 3. The molecule has 0 bridgehead atoms. The van der Waals surface area contributed by atoms with Crippen molar-refractivity contribution in [1.82, 2.24) is 9.55 Å². The Bertz CT molecular complexity index is 658. The Morgan fingerprint density at radius 1 is 1.39 bits per heavy atom. The lowest BCUT2D eigenvalue weighted by Gasteiger charge is -2.06. The largest absolute Gasteiger partial charge is 0.464 e. The summed E-state index contributed by atoms with van der Waals surface area (Å²) in [6.07, 6.45) is 0. The smallest absolute Gasteiger partial charge is 0.356 e. The van der Waals surface area contributed by atoms with Crippen molar-refractivity contribution in [2.45, 2.75) is 0 Å². The number of nitrogens with one attached hydrogen (secondary N) is 1. The molecule has 1 aromatic heterocycles. The quantitative estimate of drug-likeness (QED) is 0.844. The Morgan fingerprint density at radius 2 is 2.06 bits per heavy atom. The molecule has 5 nitrogen and oxygen atoms in total. The van der Waals surface area contributed by atoms with Gasteiger partial charge in [-0.05, 0) is 6.07 Å². The number of rotatable bonds is 2. The highest BCUT2D eigenvalue weighted by molar-refractivity contribution is 6.33. The molecule has 0 atom stereocenters. The van der Waals surface area contributed by atoms with Crippen LogP contribution in [0.5, 0.6) is 0 Å². The maximum absolute atomic E-state index is 11.6. The summed E-state index contributed by atoms with van der Waals surface area (Å²) in [5.41, 5.74) is 0.710. The summed E-state index contributed by atoms with van der Waals surface area (Å²) in [6, 6.07) is 6.97. The molecule has 2 rings (SSSR count). The molecular formula is C12H11ClN2O3. The molecule has 0 amide bonds. The van der Waals surface area contributed by atoms with Crippen molar-refractivity contribution in [1.29, 1.82) is 0 Å². The topological polar surface area (TPSA) is 64.1 Å². The van der Waals surface area contributed by atoms with Crippen molar-refractivity contribution in [2.24, 2.45) is 7.05 Å². The minimum absolute atomic E-state index is 0.0955. The van der Waals surface area contributed by atoms with Gasteiger partial charge in [0.05, 0.1) is 12.8 Å². The highest BCUT2D eigenvalue weighted by Gasteiger charge is 2.21. The van der Waals surface area contributed by atoms with E-state index in [-0.39, 0.29) is 5.69 Å². The predicted molar refractivity (Wildman–Crippen MR) is 67.8 cm³/mol. The lowest BCUT2D eigenvalue weighted by atomic mass is 10.1. The maximum atomic E-state index is 11.6. The van der Waals surface area contributed by atoms with Crippen LogP contribution in [-0.4, -0.2) is 22.6 Å². The van der Waals surface area contributed by atoms with Crippen molar-refractivity contribution in [3.63, 3.8) is 0 Å². The second kappa shape index (κ2) is 4.70. The molecule has 0 saturated carbocycles. The van der Waals surface area contributed by atoms with Crippen LogP contribution in [0.15, 0.2) is 29.1 Å². The number of aromatic amines is 1. The van der Waals surface area contributed by atoms with E-state index < -0.39 is 11.7 Å². The number of methoxy groups -OCH3 is 1. The lowest BCUT2D eigenvalue weighted by molar-refractivity contribution is 0.0595. The number of H-pyrrole nitrogens is 1. The first-order chi connectivity index (χ1) is 8.56. The molecule has 6 heteroatoms. The summed E-state index contributed by atoms with van der Waals surface area (Å²) in [6.45, 7) is 0. The lowest BCUT2D eigenvalue weighted by Crippen LogP contribution is -2.13. The average Bonchev–Trinajstić information content (AvgIpc) is 2.66. The molecule has 1 aromatic carbocycles. The first-order valence-electron chi connectivity index (χ1n) is 5.18. The van der Waals surface area contributed by atoms with E-state index in [4.69, 9.17) is 11.6 Å². The zero-order valence-corrected chi connectivity index (χ0v) is 10.6. The van der Waals surface area contributed by atoms with Crippen molar-refractivity contribution >= 4 is 17.6 Å². The van der Waals surface area contributed by atoms with Gasteiger partial charge in [-0.25, -0.2) is 9.59 Å². The summed E-state index contributed by atoms with van der Waals surface area (Å²) in [7, 11) is 2.81. The van der Waals surface area contributed by atoms with Crippen LogP contribution in [0, 0.1) is 0 Å². The van der Waals surface area contributed by atoms with Crippen LogP contribution in [0.3, 0.4) is 0 Å². The zero-order valence-electron chi connectivity index (χ0n) is 9.86. The molecule has 0 aliphatic carbocycles. The number of halogens is 1. The van der Waals surface area contributed by atoms with Crippen LogP contribution in [0.25, 0.3) is 11.3 Å². The number of ether oxygens (including phenoxy) is 1. The van der Waals surface area contributed by atoms with Gasteiger partial charge in [0.25, 0.3) is 0 Å². The number of esters is 1. The average molecular weight is 267 g/mol. The van der Waals surface area contributed by atoms with E-state index in [1.54, 1.807) is 31.3 Å². The Kier molecular flexibility index (Phi) is 3.25. The number of benzene rings is 1. The van der Waals surface area contributed by atoms with Crippen LogP contribution in [0.4, 0.5) is 0 Å². The second-order valence-corrected chi connectivity index (χ2v) is 4.09. The van der Waals surface area contributed by atoms with E-state index in [2.05, 4.69) is 9.72 Å². The molecule has 1 N–H and O–H groups in total. The molecule has 0 radical (unpaired) electrons. The Balaban J connectivity index is 2.75. The molecule has 0 unspecified atom stereocenters. The van der Waals surface area contributed by atoms with Gasteiger partial charge in [-0.15, -0.1) is 0 Å². The second-order valence-electron chi connectivity index (χ2n) is 3.68. The molecule has 18 heavy (non-hydrogen) atoms. The highest BCUT2D eigenvalue weighted by Crippen LogP contribution is 2.28. The first kappa shape index (κ1) is 12.4. The van der Waals surface area contributed by atoms with Crippen molar-refractivity contribution < 1.29 is 9.53 Å². The van der Waals surface area contributed by atoms with Gasteiger partial charge in [0.15, 0.2) is 5.69 Å². The third-order valence-electron chi connectivity index (χ3n) is 2.63. The van der Waals surface area contributed by atoms with Crippen LogP contribution >= 0.6 is 11.6 Å². The molecule has 0 spiro atoms. The predicted octanol–water partition coefficient (Wildman–Crippen LogP) is 1.82. The number of hydrogen-bond donors (Lipinski definition) is 1. The van der Waals surface area contributed by atoms with Gasteiger partial charge in [0, 0.05) is 17.6 Å². The zero-order chi connectivity index (χ0) is 13.3. The SMILES string of the molecule is COC(=O)c1[nH]c(=O)n(C)c1-c1ccccc1Cl. The van der Waals surface area contributed by atoms with Crippen LogP contribution in [0.1, 0.15) is 10.5 Å². The molecule has 0 saturated heterocycles. The molecule has 0 aliphatic rings. The molecule has 0 fully saturated rings. The summed E-state index contributed by atoms with van der Waals surface area (Å²) < 4.78 is 5.97. The number of aromatic nitrogens is 2. The van der Waals surface area contributed by atoms with E-state index in [1.165, 1.54) is 11.7 Å². The summed E-state index contributed by atoms with van der Waals surface area (Å²) in [5, 5.41) is 0.456. The van der Waals surface area contributed by atoms with E-state index in [1.807, 2.05) is 0 Å². The van der Waals surface area contributed by atoms with E-state index in [9.17, 15) is 9.59 Å². The van der Waals surface area contributed by atoms with Crippen molar-refractivity contribution in [3.8, 4) is 11.3 Å². The molecule has 2 aromatic rings. The Morgan fingerprint density at radius 3 is 2.67 bits per heavy atom. The van der Waals surface area contributed by atoms with Gasteiger partial charge in [-0.1, -0.05) is 29.8 Å². The van der Waals surface area contributed by atoms with E-state index in [0.29, 0.717) is 16.3 Å². The van der Waals surface area contributed by atoms with Gasteiger partial charge >= 0.3 is 11.7 Å². The molecule has 1 heterocycles. The molecule has 94 valence electrons. The normalized spacial score (nSPS) is 10.4. The van der Waals surface area contributed by atoms with Gasteiger partial charge < -0.3 is 4.74 Å². The standard InChI is InChI=1S/C12H11ClN2O3/c1-15-10(7-5-3-4-6-8(7)13)9(11(16)18-2)14-12(15)17/h3-6H,1-2H3,(H,14,17). The summed E-state index contributed by atoms with van der Waals surface area (Å²) in [5.74, 6) is -0.609. The minimum Gasteiger partial charge on any atom is -0.464 e. The first-order valence-corrected chi connectivity index (χ1v) is 5.56. The fourth-order valence-electron chi connectivity index (χ4n) is 1.74. The summed E-state index contributed by atoms with van der Waals surface area (Å²) in [4.78, 5) is 25.7. The van der Waals surface area contributed by atoms with Gasteiger partial charge in [0.2, 0.25) is 0 Å². The van der Waals surface area contributed by atoms with Gasteiger partial charge in [-0.3, -0.25) is 9.55 Å². The third-order valence-corrected chi connectivity index (χ3v) is 2.96. The van der Waals surface area contributed by atoms with Crippen molar-refractivity contribution in [3.05, 3.63) is 45.5 Å². The molecule has 0 aliphatic heterocycles. The van der Waals surface area contributed by atoms with Gasteiger partial charge in [0.1, 0.15) is 0 Å². The number of nitrogens with zero attached hydrogens (tertiary/aromatic N) is 1. The number of carbonyl (C=O) groups excluding carboxylic acids is 1. The fourth-order valence-corrected chi connectivity index (χ4v) is 1.96. The number of imidazole rings is 1. The maximum Gasteiger partial charge on any atom is 0.356 e. The highest BCUT2D eigenvalue weighted by atomic mass is 35.5. The summed E-state index contributed by atoms with van der Waals surface area (Å²) >= 11 is 6.08. The van der Waals surface area contributed by atoms with E-state index >= 15 is 0 Å². The van der Waals surface area contributed by atoms with Gasteiger partial charge in [-0.2, -0.15) is 0 Å². The van der Waals surface area contributed by atoms with Crippen LogP contribution in [-0.2, 0) is 11.8 Å². The fraction of sp³-hybridized carbons (Fsp3) is 0.167.